The van der Waals surface area contributed by atoms with Crippen LogP contribution in [-0.2, 0) is 13.1 Å². The van der Waals surface area contributed by atoms with E-state index >= 15 is 0 Å². The van der Waals surface area contributed by atoms with Crippen molar-refractivity contribution in [1.82, 2.24) is 20.5 Å². The van der Waals surface area contributed by atoms with Crippen molar-refractivity contribution < 1.29 is 14.3 Å². The van der Waals surface area contributed by atoms with E-state index < -0.39 is 0 Å². The number of methoxy groups -OCH3 is 2. The number of pyridine rings is 1. The van der Waals surface area contributed by atoms with Crippen LogP contribution in [-0.4, -0.2) is 63.4 Å². The molecule has 1 saturated heterocycles. The van der Waals surface area contributed by atoms with Gasteiger partial charge < -0.3 is 29.9 Å². The van der Waals surface area contributed by atoms with Crippen LogP contribution in [0.2, 0.25) is 0 Å². The third kappa shape index (κ3) is 5.74. The zero-order chi connectivity index (χ0) is 20.6. The number of aromatic nitrogens is 1. The molecule has 1 aromatic carbocycles. The fraction of sp³-hybridized carbons (Fsp3) is 0.429. The molecule has 156 valence electrons. The number of likely N-dealkylation sites (N-methyl/N-ethyl adjacent to an activating group) is 1. The summed E-state index contributed by atoms with van der Waals surface area (Å²) in [5.41, 5.74) is 1.87. The summed E-state index contributed by atoms with van der Waals surface area (Å²) in [5, 5.41) is 5.76. The van der Waals surface area contributed by atoms with Gasteiger partial charge >= 0.3 is 6.03 Å². The number of carbonyl (C=O) groups is 1. The minimum absolute atomic E-state index is 0.243. The molecule has 1 aliphatic rings. The molecule has 2 heterocycles. The molecule has 0 radical (unpaired) electrons. The van der Waals surface area contributed by atoms with Gasteiger partial charge in [0.15, 0.2) is 0 Å². The van der Waals surface area contributed by atoms with Gasteiger partial charge in [0.1, 0.15) is 17.3 Å². The average molecular weight is 399 g/mol. The van der Waals surface area contributed by atoms with E-state index in [0.717, 1.165) is 48.9 Å². The van der Waals surface area contributed by atoms with Gasteiger partial charge in [-0.3, -0.25) is 0 Å². The van der Waals surface area contributed by atoms with Crippen molar-refractivity contribution in [3.63, 3.8) is 0 Å². The number of hydrogen-bond donors (Lipinski definition) is 2. The Morgan fingerprint density at radius 1 is 1.03 bits per heavy atom. The molecule has 8 heteroatoms. The van der Waals surface area contributed by atoms with Crippen LogP contribution in [0.25, 0.3) is 0 Å². The number of piperazine rings is 1. The number of amides is 2. The quantitative estimate of drug-likeness (QED) is 0.740. The van der Waals surface area contributed by atoms with Crippen molar-refractivity contribution in [1.29, 1.82) is 0 Å². The summed E-state index contributed by atoms with van der Waals surface area (Å²) in [5.74, 6) is 2.38. The molecule has 1 aliphatic heterocycles. The third-order valence-electron chi connectivity index (χ3n) is 5.02. The van der Waals surface area contributed by atoms with Crippen molar-refractivity contribution in [3.05, 3.63) is 47.7 Å². The van der Waals surface area contributed by atoms with Gasteiger partial charge in [-0.15, -0.1) is 0 Å². The van der Waals surface area contributed by atoms with Gasteiger partial charge in [0, 0.05) is 51.0 Å². The first-order chi connectivity index (χ1) is 14.1. The SMILES string of the molecule is COc1ccc(OC)c(CNC(=O)NCc2ccnc(N3CCN(C)CC3)c2)c1. The Kier molecular flexibility index (Phi) is 7.13. The van der Waals surface area contributed by atoms with Crippen LogP contribution in [0.3, 0.4) is 0 Å². The molecule has 2 N–H and O–H groups in total. The maximum absolute atomic E-state index is 12.2. The first-order valence-electron chi connectivity index (χ1n) is 9.70. The number of hydrogen-bond acceptors (Lipinski definition) is 6. The van der Waals surface area contributed by atoms with Crippen molar-refractivity contribution >= 4 is 11.8 Å². The van der Waals surface area contributed by atoms with Gasteiger partial charge in [0.05, 0.1) is 14.2 Å². The zero-order valence-electron chi connectivity index (χ0n) is 17.3. The standard InChI is InChI=1S/C21H29N5O3/c1-25-8-10-26(11-9-25)20-12-16(6-7-22-20)14-23-21(27)24-15-17-13-18(28-2)4-5-19(17)29-3/h4-7,12-13H,8-11,14-15H2,1-3H3,(H2,23,24,27). The largest absolute Gasteiger partial charge is 0.497 e. The summed E-state index contributed by atoms with van der Waals surface area (Å²) in [6, 6.07) is 9.22. The second-order valence-electron chi connectivity index (χ2n) is 7.03. The van der Waals surface area contributed by atoms with Crippen molar-refractivity contribution in [2.45, 2.75) is 13.1 Å². The van der Waals surface area contributed by atoms with Gasteiger partial charge in [-0.2, -0.15) is 0 Å². The van der Waals surface area contributed by atoms with Crippen molar-refractivity contribution in [3.8, 4) is 11.5 Å². The number of benzene rings is 1. The average Bonchev–Trinajstić information content (AvgIpc) is 2.76. The van der Waals surface area contributed by atoms with E-state index in [-0.39, 0.29) is 6.03 Å². The Balaban J connectivity index is 1.51. The van der Waals surface area contributed by atoms with E-state index in [9.17, 15) is 4.79 Å². The monoisotopic (exact) mass is 399 g/mol. The lowest BCUT2D eigenvalue weighted by Gasteiger charge is -2.33. The normalized spacial score (nSPS) is 14.4. The number of rotatable bonds is 7. The van der Waals surface area contributed by atoms with Crippen LogP contribution in [0, 0.1) is 0 Å². The van der Waals surface area contributed by atoms with Gasteiger partial charge in [-0.1, -0.05) is 0 Å². The molecule has 1 fully saturated rings. The highest BCUT2D eigenvalue weighted by Crippen LogP contribution is 2.23. The summed E-state index contributed by atoms with van der Waals surface area (Å²) in [4.78, 5) is 21.3. The van der Waals surface area contributed by atoms with Crippen LogP contribution < -0.4 is 25.0 Å². The second kappa shape index (κ2) is 9.97. The first kappa shape index (κ1) is 20.7. The minimum atomic E-state index is -0.243. The molecule has 0 aliphatic carbocycles. The maximum atomic E-state index is 12.2. The molecule has 2 amide bonds. The molecule has 0 bridgehead atoms. The fourth-order valence-electron chi connectivity index (χ4n) is 3.22. The summed E-state index contributed by atoms with van der Waals surface area (Å²) in [7, 11) is 5.34. The van der Waals surface area contributed by atoms with Crippen LogP contribution >= 0.6 is 0 Å². The summed E-state index contributed by atoms with van der Waals surface area (Å²) < 4.78 is 10.6. The van der Waals surface area contributed by atoms with Gasteiger partial charge in [0.25, 0.3) is 0 Å². The molecular formula is C21H29N5O3. The van der Waals surface area contributed by atoms with Crippen LogP contribution in [0.4, 0.5) is 10.6 Å². The first-order valence-corrected chi connectivity index (χ1v) is 9.70. The van der Waals surface area contributed by atoms with Gasteiger partial charge in [0.2, 0.25) is 0 Å². The molecule has 0 unspecified atom stereocenters. The molecule has 0 atom stereocenters. The number of nitrogens with zero attached hydrogens (tertiary/aromatic N) is 3. The molecule has 0 saturated carbocycles. The van der Waals surface area contributed by atoms with E-state index in [4.69, 9.17) is 9.47 Å². The van der Waals surface area contributed by atoms with Gasteiger partial charge in [-0.05, 0) is 42.9 Å². The number of urea groups is 1. The lowest BCUT2D eigenvalue weighted by molar-refractivity contribution is 0.240. The van der Waals surface area contributed by atoms with Crippen LogP contribution in [0.1, 0.15) is 11.1 Å². The van der Waals surface area contributed by atoms with Crippen LogP contribution in [0.5, 0.6) is 11.5 Å². The summed E-state index contributed by atoms with van der Waals surface area (Å²) >= 11 is 0. The Morgan fingerprint density at radius 2 is 1.79 bits per heavy atom. The fourth-order valence-corrected chi connectivity index (χ4v) is 3.22. The highest BCUT2D eigenvalue weighted by atomic mass is 16.5. The second-order valence-corrected chi connectivity index (χ2v) is 7.03. The lowest BCUT2D eigenvalue weighted by Crippen LogP contribution is -2.44. The number of nitrogens with one attached hydrogen (secondary N) is 2. The molecule has 3 rings (SSSR count). The number of ether oxygens (including phenoxy) is 2. The topological polar surface area (TPSA) is 79.0 Å². The van der Waals surface area contributed by atoms with E-state index in [1.165, 1.54) is 0 Å². The lowest BCUT2D eigenvalue weighted by atomic mass is 10.2. The van der Waals surface area contributed by atoms with Crippen molar-refractivity contribution in [2.24, 2.45) is 0 Å². The van der Waals surface area contributed by atoms with E-state index in [0.29, 0.717) is 18.8 Å². The van der Waals surface area contributed by atoms with E-state index in [2.05, 4.69) is 32.5 Å². The Morgan fingerprint density at radius 3 is 2.52 bits per heavy atom. The maximum Gasteiger partial charge on any atom is 0.315 e. The smallest absolute Gasteiger partial charge is 0.315 e. The number of carbonyl (C=O) groups excluding carboxylic acids is 1. The Hall–Kier alpha value is -3.00. The van der Waals surface area contributed by atoms with E-state index in [1.54, 1.807) is 20.4 Å². The molecule has 29 heavy (non-hydrogen) atoms. The van der Waals surface area contributed by atoms with Gasteiger partial charge in [-0.25, -0.2) is 9.78 Å². The zero-order valence-corrected chi connectivity index (χ0v) is 17.3. The highest BCUT2D eigenvalue weighted by Gasteiger charge is 2.15. The van der Waals surface area contributed by atoms with E-state index in [1.807, 2.05) is 30.3 Å². The predicted octanol–water partition coefficient (Wildman–Crippen LogP) is 1.85. The summed E-state index contributed by atoms with van der Waals surface area (Å²) in [6.07, 6.45) is 1.80. The van der Waals surface area contributed by atoms with Crippen LogP contribution in [0.15, 0.2) is 36.5 Å². The minimum Gasteiger partial charge on any atom is -0.497 e. The third-order valence-corrected chi connectivity index (χ3v) is 5.02. The Labute approximate surface area is 171 Å². The number of anilines is 1. The molecule has 8 nitrogen and oxygen atoms in total. The molecular weight excluding hydrogens is 370 g/mol. The molecule has 2 aromatic rings. The highest BCUT2D eigenvalue weighted by molar-refractivity contribution is 5.74. The summed E-state index contributed by atoms with van der Waals surface area (Å²) in [6.45, 7) is 4.76. The molecule has 0 spiro atoms. The molecule has 1 aromatic heterocycles. The Bertz CT molecular complexity index is 822. The predicted molar refractivity (Wildman–Crippen MR) is 113 cm³/mol. The van der Waals surface area contributed by atoms with Crippen molar-refractivity contribution in [2.75, 3.05) is 52.3 Å².